The van der Waals surface area contributed by atoms with Crippen LogP contribution in [0, 0.1) is 0 Å². The van der Waals surface area contributed by atoms with Gasteiger partial charge in [-0.2, -0.15) is 0 Å². The first-order valence-electron chi connectivity index (χ1n) is 8.48. The van der Waals surface area contributed by atoms with Crippen LogP contribution in [0.5, 0.6) is 0 Å². The lowest BCUT2D eigenvalue weighted by atomic mass is 9.86. The molecule has 0 aliphatic heterocycles. The van der Waals surface area contributed by atoms with Crippen molar-refractivity contribution >= 4 is 32.9 Å². The Bertz CT molecular complexity index is 1160. The van der Waals surface area contributed by atoms with E-state index in [1.165, 1.54) is 16.2 Å². The monoisotopic (exact) mass is 432 g/mol. The Labute approximate surface area is 164 Å². The number of hydrogen-bond acceptors (Lipinski definition) is 4. The van der Waals surface area contributed by atoms with E-state index in [1.807, 2.05) is 12.1 Å². The highest BCUT2D eigenvalue weighted by atomic mass is 79.9. The third kappa shape index (κ3) is 3.29. The summed E-state index contributed by atoms with van der Waals surface area (Å²) in [5, 5.41) is 0. The average molecular weight is 433 g/mol. The van der Waals surface area contributed by atoms with E-state index in [-0.39, 0.29) is 23.3 Å². The summed E-state index contributed by atoms with van der Waals surface area (Å²) < 4.78 is 4.19. The number of ketones is 1. The number of aryl methyl sites for hydroxylation is 1. The fraction of sp³-hybridized carbons (Fsp3) is 0.368. The van der Waals surface area contributed by atoms with Crippen molar-refractivity contribution < 1.29 is 4.79 Å². The third-order valence-corrected chi connectivity index (χ3v) is 5.27. The number of rotatable bonds is 3. The number of carbonyl (C=O) groups is 1. The normalized spacial score (nSPS) is 11.9. The molecule has 0 aliphatic carbocycles. The first kappa shape index (κ1) is 19.3. The lowest BCUT2D eigenvalue weighted by molar-refractivity contribution is 0.0972. The van der Waals surface area contributed by atoms with E-state index < -0.39 is 11.2 Å². The minimum absolute atomic E-state index is 0.00346. The summed E-state index contributed by atoms with van der Waals surface area (Å²) in [6, 6.07) is 7.49. The van der Waals surface area contributed by atoms with Crippen LogP contribution >= 0.6 is 15.9 Å². The van der Waals surface area contributed by atoms with E-state index in [2.05, 4.69) is 41.7 Å². The van der Waals surface area contributed by atoms with E-state index in [9.17, 15) is 14.4 Å². The zero-order chi connectivity index (χ0) is 20.1. The molecule has 2 aromatic heterocycles. The Balaban J connectivity index is 2.05. The molecule has 0 bridgehead atoms. The van der Waals surface area contributed by atoms with Crippen molar-refractivity contribution in [3.8, 4) is 0 Å². The van der Waals surface area contributed by atoms with Gasteiger partial charge in [-0.05, 0) is 26.9 Å². The van der Waals surface area contributed by atoms with Crippen molar-refractivity contribution in [3.63, 3.8) is 0 Å². The number of fused-ring (bicyclic) bond motifs is 1. The molecule has 3 rings (SSSR count). The Morgan fingerprint density at radius 2 is 1.67 bits per heavy atom. The Morgan fingerprint density at radius 1 is 1.07 bits per heavy atom. The van der Waals surface area contributed by atoms with Crippen LogP contribution in [-0.4, -0.2) is 24.5 Å². The van der Waals surface area contributed by atoms with Gasteiger partial charge in [0.15, 0.2) is 21.7 Å². The van der Waals surface area contributed by atoms with Crippen molar-refractivity contribution in [1.82, 2.24) is 18.7 Å². The van der Waals surface area contributed by atoms with E-state index in [0.29, 0.717) is 15.9 Å². The lowest BCUT2D eigenvalue weighted by Crippen LogP contribution is -2.37. The minimum atomic E-state index is -0.491. The fourth-order valence-corrected chi connectivity index (χ4v) is 3.46. The predicted octanol–water partition coefficient (Wildman–Crippen LogP) is 2.38. The van der Waals surface area contributed by atoms with Gasteiger partial charge in [0.05, 0.1) is 6.54 Å². The summed E-state index contributed by atoms with van der Waals surface area (Å²) in [5.41, 5.74) is 1.20. The maximum atomic E-state index is 12.8. The van der Waals surface area contributed by atoms with Gasteiger partial charge in [0.2, 0.25) is 0 Å². The van der Waals surface area contributed by atoms with Crippen LogP contribution < -0.4 is 11.2 Å². The van der Waals surface area contributed by atoms with Crippen LogP contribution in [0.2, 0.25) is 0 Å². The summed E-state index contributed by atoms with van der Waals surface area (Å²) in [6.45, 7) is 6.30. The summed E-state index contributed by atoms with van der Waals surface area (Å²) in [5.74, 6) is -0.136. The second-order valence-electron chi connectivity index (χ2n) is 7.60. The second kappa shape index (κ2) is 6.60. The number of nitrogens with zero attached hydrogens (tertiary/aromatic N) is 4. The fourth-order valence-electron chi connectivity index (χ4n) is 2.99. The second-order valence-corrected chi connectivity index (χ2v) is 8.30. The zero-order valence-electron chi connectivity index (χ0n) is 15.9. The number of benzene rings is 1. The number of hydrogen-bond donors (Lipinski definition) is 0. The van der Waals surface area contributed by atoms with Crippen LogP contribution in [0.15, 0.2) is 38.6 Å². The smallest absolute Gasteiger partial charge is 0.296 e. The quantitative estimate of drug-likeness (QED) is 0.470. The zero-order valence-corrected chi connectivity index (χ0v) is 17.5. The molecule has 142 valence electrons. The molecule has 2 heterocycles. The van der Waals surface area contributed by atoms with Crippen LogP contribution in [0.1, 0.15) is 36.7 Å². The number of carbonyl (C=O) groups excluding carboxylic acids is 1. The van der Waals surface area contributed by atoms with Gasteiger partial charge in [0.1, 0.15) is 0 Å². The molecule has 0 saturated heterocycles. The molecule has 0 spiro atoms. The van der Waals surface area contributed by atoms with Gasteiger partial charge in [0, 0.05) is 19.7 Å². The summed E-state index contributed by atoms with van der Waals surface area (Å²) in [4.78, 5) is 41.5. The van der Waals surface area contributed by atoms with Gasteiger partial charge in [-0.15, -0.1) is 0 Å². The van der Waals surface area contributed by atoms with Crippen molar-refractivity contribution in [1.29, 1.82) is 0 Å². The largest absolute Gasteiger partial charge is 0.332 e. The molecule has 0 amide bonds. The van der Waals surface area contributed by atoms with Gasteiger partial charge in [-0.3, -0.25) is 23.3 Å². The molecule has 27 heavy (non-hydrogen) atoms. The molecule has 0 saturated carbocycles. The average Bonchev–Trinajstić information content (AvgIpc) is 2.94. The number of halogens is 1. The molecular weight excluding hydrogens is 412 g/mol. The molecule has 7 nitrogen and oxygen atoms in total. The SMILES string of the molecule is Cn1c(=O)c2nc(Br)n(CC(=O)c3ccc(C(C)(C)C)cc3)c2n(C)c1=O. The number of Topliss-reactive ketones (excluding diaryl/α,β-unsaturated/α-hetero) is 1. The highest BCUT2D eigenvalue weighted by molar-refractivity contribution is 9.10. The predicted molar refractivity (Wildman–Crippen MR) is 107 cm³/mol. The first-order valence-corrected chi connectivity index (χ1v) is 9.27. The van der Waals surface area contributed by atoms with Gasteiger partial charge in [-0.25, -0.2) is 9.78 Å². The summed E-state index contributed by atoms with van der Waals surface area (Å²) in [7, 11) is 2.95. The van der Waals surface area contributed by atoms with E-state index in [0.717, 1.165) is 10.1 Å². The van der Waals surface area contributed by atoms with Crippen LogP contribution in [-0.2, 0) is 26.1 Å². The van der Waals surface area contributed by atoms with E-state index in [4.69, 9.17) is 0 Å². The molecule has 0 atom stereocenters. The summed E-state index contributed by atoms with van der Waals surface area (Å²) >= 11 is 3.30. The van der Waals surface area contributed by atoms with Crippen molar-refractivity contribution in [2.45, 2.75) is 32.7 Å². The highest BCUT2D eigenvalue weighted by Crippen LogP contribution is 2.23. The van der Waals surface area contributed by atoms with Gasteiger partial charge in [-0.1, -0.05) is 45.0 Å². The Kier molecular flexibility index (Phi) is 4.71. The molecule has 0 aliphatic rings. The molecule has 0 N–H and O–H groups in total. The van der Waals surface area contributed by atoms with Gasteiger partial charge < -0.3 is 0 Å². The molecule has 1 aromatic carbocycles. The highest BCUT2D eigenvalue weighted by Gasteiger charge is 2.20. The van der Waals surface area contributed by atoms with Crippen LogP contribution in [0.4, 0.5) is 0 Å². The minimum Gasteiger partial charge on any atom is -0.296 e. The Hall–Kier alpha value is -2.48. The van der Waals surface area contributed by atoms with Gasteiger partial charge in [0.25, 0.3) is 5.56 Å². The van der Waals surface area contributed by atoms with Crippen LogP contribution in [0.25, 0.3) is 11.2 Å². The summed E-state index contributed by atoms with van der Waals surface area (Å²) in [6.07, 6.45) is 0. The molecule has 8 heteroatoms. The van der Waals surface area contributed by atoms with E-state index in [1.54, 1.807) is 19.2 Å². The van der Waals surface area contributed by atoms with Crippen LogP contribution in [0.3, 0.4) is 0 Å². The first-order chi connectivity index (χ1) is 12.5. The maximum absolute atomic E-state index is 12.8. The van der Waals surface area contributed by atoms with Gasteiger partial charge >= 0.3 is 5.69 Å². The van der Waals surface area contributed by atoms with Crippen molar-refractivity contribution in [3.05, 3.63) is 61.0 Å². The standard InChI is InChI=1S/C19H21BrN4O3/c1-19(2,3)12-8-6-11(7-9-12)13(25)10-24-15-14(21-17(24)20)16(26)23(5)18(27)22(15)4/h6-9H,10H2,1-5H3. The molecule has 3 aromatic rings. The Morgan fingerprint density at radius 3 is 2.22 bits per heavy atom. The molecular formula is C19H21BrN4O3. The van der Waals surface area contributed by atoms with E-state index >= 15 is 0 Å². The topological polar surface area (TPSA) is 78.9 Å². The van der Waals surface area contributed by atoms with Crippen molar-refractivity contribution in [2.24, 2.45) is 14.1 Å². The maximum Gasteiger partial charge on any atom is 0.332 e. The lowest BCUT2D eigenvalue weighted by Gasteiger charge is -2.19. The molecule has 0 radical (unpaired) electrons. The number of imidazole rings is 1. The third-order valence-electron chi connectivity index (χ3n) is 4.67. The van der Waals surface area contributed by atoms with Crippen molar-refractivity contribution in [2.75, 3.05) is 0 Å². The molecule has 0 fully saturated rings. The molecule has 0 unspecified atom stereocenters. The number of aromatic nitrogens is 4.